The summed E-state index contributed by atoms with van der Waals surface area (Å²) in [5.41, 5.74) is 0.577. The van der Waals surface area contributed by atoms with Gasteiger partial charge in [-0.3, -0.25) is 24.2 Å². The zero-order chi connectivity index (χ0) is 25.4. The quantitative estimate of drug-likeness (QED) is 0.603. The van der Waals surface area contributed by atoms with E-state index in [0.717, 1.165) is 32.5 Å². The molecule has 2 fully saturated rings. The third-order valence-electron chi connectivity index (χ3n) is 7.47. The second-order valence-electron chi connectivity index (χ2n) is 9.98. The second-order valence-corrected chi connectivity index (χ2v) is 9.98. The van der Waals surface area contributed by atoms with Gasteiger partial charge in [-0.2, -0.15) is 5.10 Å². The van der Waals surface area contributed by atoms with Crippen LogP contribution in [0.2, 0.25) is 0 Å². The molecular weight excluding hydrogens is 462 g/mol. The van der Waals surface area contributed by atoms with E-state index in [2.05, 4.69) is 15.0 Å². The van der Waals surface area contributed by atoms with E-state index in [9.17, 15) is 19.8 Å². The van der Waals surface area contributed by atoms with Crippen LogP contribution in [0.15, 0.2) is 43.0 Å². The van der Waals surface area contributed by atoms with Crippen molar-refractivity contribution in [2.45, 2.75) is 63.8 Å². The van der Waals surface area contributed by atoms with Gasteiger partial charge >= 0.3 is 5.97 Å². The van der Waals surface area contributed by atoms with Crippen LogP contribution in [0.25, 0.3) is 0 Å². The summed E-state index contributed by atoms with van der Waals surface area (Å²) >= 11 is 0. The van der Waals surface area contributed by atoms with E-state index in [4.69, 9.17) is 4.74 Å². The Bertz CT molecular complexity index is 962. The maximum absolute atomic E-state index is 13.2. The van der Waals surface area contributed by atoms with Crippen molar-refractivity contribution in [1.29, 1.82) is 0 Å². The monoisotopic (exact) mass is 499 g/mol. The summed E-state index contributed by atoms with van der Waals surface area (Å²) in [5.74, 6) is -0.370. The predicted octanol–water partition coefficient (Wildman–Crippen LogP) is 1.23. The number of cyclic esters (lactones) is 1. The summed E-state index contributed by atoms with van der Waals surface area (Å²) in [5, 5.41) is 25.0. The lowest BCUT2D eigenvalue weighted by atomic mass is 9.74. The molecule has 10 heteroatoms. The minimum atomic E-state index is -1.19. The molecule has 2 aromatic heterocycles. The highest BCUT2D eigenvalue weighted by molar-refractivity contribution is 5.77. The van der Waals surface area contributed by atoms with Crippen molar-refractivity contribution < 1.29 is 24.5 Å². The summed E-state index contributed by atoms with van der Waals surface area (Å²) in [7, 11) is 0. The molecule has 2 N–H and O–H groups in total. The molecule has 2 saturated heterocycles. The number of piperidine rings is 1. The van der Waals surface area contributed by atoms with Gasteiger partial charge in [0.15, 0.2) is 0 Å². The van der Waals surface area contributed by atoms with E-state index in [1.165, 1.54) is 5.56 Å². The Balaban J connectivity index is 1.40. The maximum atomic E-state index is 13.2. The van der Waals surface area contributed by atoms with Crippen LogP contribution >= 0.6 is 0 Å². The number of ether oxygens (including phenoxy) is 1. The summed E-state index contributed by atoms with van der Waals surface area (Å²) in [4.78, 5) is 34.3. The number of aliphatic hydroxyl groups excluding tert-OH is 2. The second kappa shape index (κ2) is 12.4. The third-order valence-corrected chi connectivity index (χ3v) is 7.47. The first-order chi connectivity index (χ1) is 17.4. The summed E-state index contributed by atoms with van der Waals surface area (Å²) in [6.07, 6.45) is 8.44. The smallest absolute Gasteiger partial charge is 0.312 e. The Morgan fingerprint density at radius 1 is 1.03 bits per heavy atom. The number of amides is 1. The molecule has 2 aliphatic heterocycles. The minimum Gasteiger partial charge on any atom is -0.462 e. The van der Waals surface area contributed by atoms with Crippen molar-refractivity contribution in [2.75, 3.05) is 32.8 Å². The number of pyridine rings is 1. The molecule has 0 radical (unpaired) electrons. The highest BCUT2D eigenvalue weighted by atomic mass is 16.5. The van der Waals surface area contributed by atoms with Crippen LogP contribution in [0, 0.1) is 5.41 Å². The fraction of sp³-hybridized carbons (Fsp3) is 0.615. The standard InChI is InChI=1S/C26H37N5O5/c32-22-6-15-30(24(34)19-31-14-3-10-28-31)13-2-1-7-26(25(35)36-20-23(22)33)8-16-29(17-9-26)18-21-4-11-27-12-5-21/h3-5,10-12,14,22-23,32-33H,1-2,6-9,13,15-20H2/t22-,23+/m0/s1. The number of aliphatic hydroxyl groups is 2. The van der Waals surface area contributed by atoms with Gasteiger partial charge in [0, 0.05) is 44.4 Å². The van der Waals surface area contributed by atoms with Crippen LogP contribution in [0.3, 0.4) is 0 Å². The molecule has 0 aliphatic carbocycles. The molecule has 0 unspecified atom stereocenters. The fourth-order valence-corrected chi connectivity index (χ4v) is 5.11. The zero-order valence-corrected chi connectivity index (χ0v) is 20.7. The lowest BCUT2D eigenvalue weighted by molar-refractivity contribution is -0.165. The number of hydrogen-bond donors (Lipinski definition) is 2. The summed E-state index contributed by atoms with van der Waals surface area (Å²) in [6, 6.07) is 5.78. The Hall–Kier alpha value is -2.82. The third kappa shape index (κ3) is 6.89. The first kappa shape index (κ1) is 26.2. The molecule has 0 bridgehead atoms. The topological polar surface area (TPSA) is 121 Å². The van der Waals surface area contributed by atoms with Gasteiger partial charge in [0.2, 0.25) is 5.91 Å². The van der Waals surface area contributed by atoms with Crippen LogP contribution in [-0.2, 0) is 27.4 Å². The van der Waals surface area contributed by atoms with Gasteiger partial charge in [0.05, 0.1) is 11.5 Å². The minimum absolute atomic E-state index is 0.0817. The molecule has 36 heavy (non-hydrogen) atoms. The van der Waals surface area contributed by atoms with Crippen molar-refractivity contribution >= 4 is 11.9 Å². The number of carbonyl (C=O) groups excluding carboxylic acids is 2. The fourth-order valence-electron chi connectivity index (χ4n) is 5.11. The first-order valence-corrected chi connectivity index (χ1v) is 12.8. The van der Waals surface area contributed by atoms with E-state index in [-0.39, 0.29) is 31.4 Å². The SMILES string of the molecule is O=C(Cn1cccn1)N1CCCCC2(CCN(Cc3ccncc3)CC2)C(=O)OC[C@@H](O)[C@@H](O)CC1. The first-order valence-electron chi connectivity index (χ1n) is 12.8. The lowest BCUT2D eigenvalue weighted by Gasteiger charge is -2.40. The molecule has 4 rings (SSSR count). The largest absolute Gasteiger partial charge is 0.462 e. The van der Waals surface area contributed by atoms with Crippen LogP contribution in [0.1, 0.15) is 44.1 Å². The average Bonchev–Trinajstić information content (AvgIpc) is 3.40. The number of aromatic nitrogens is 3. The molecule has 2 aromatic rings. The van der Waals surface area contributed by atoms with Gasteiger partial charge in [-0.15, -0.1) is 0 Å². The summed E-state index contributed by atoms with van der Waals surface area (Å²) < 4.78 is 7.14. The molecule has 10 nitrogen and oxygen atoms in total. The Morgan fingerprint density at radius 3 is 2.53 bits per heavy atom. The molecule has 4 heterocycles. The number of nitrogens with zero attached hydrogens (tertiary/aromatic N) is 5. The maximum Gasteiger partial charge on any atom is 0.312 e. The molecular formula is C26H37N5O5. The van der Waals surface area contributed by atoms with Gasteiger partial charge in [-0.25, -0.2) is 0 Å². The van der Waals surface area contributed by atoms with E-state index in [1.54, 1.807) is 40.4 Å². The van der Waals surface area contributed by atoms with E-state index in [0.29, 0.717) is 32.4 Å². The normalized spacial score (nSPS) is 24.4. The van der Waals surface area contributed by atoms with Crippen LogP contribution in [0.5, 0.6) is 0 Å². The predicted molar refractivity (Wildman–Crippen MR) is 131 cm³/mol. The average molecular weight is 500 g/mol. The van der Waals surface area contributed by atoms with Crippen molar-refractivity contribution in [2.24, 2.45) is 5.41 Å². The molecule has 196 valence electrons. The number of carbonyl (C=O) groups is 2. The van der Waals surface area contributed by atoms with Crippen molar-refractivity contribution in [3.8, 4) is 0 Å². The van der Waals surface area contributed by atoms with Gasteiger partial charge < -0.3 is 19.8 Å². The lowest BCUT2D eigenvalue weighted by Crippen LogP contribution is -2.45. The number of rotatable bonds is 4. The van der Waals surface area contributed by atoms with Crippen LogP contribution in [-0.4, -0.2) is 91.6 Å². The highest BCUT2D eigenvalue weighted by Gasteiger charge is 2.42. The van der Waals surface area contributed by atoms with Crippen molar-refractivity contribution in [3.05, 3.63) is 48.5 Å². The Kier molecular flexibility index (Phi) is 9.06. The van der Waals surface area contributed by atoms with Crippen molar-refractivity contribution in [3.63, 3.8) is 0 Å². The van der Waals surface area contributed by atoms with Crippen LogP contribution in [0.4, 0.5) is 0 Å². The highest BCUT2D eigenvalue weighted by Crippen LogP contribution is 2.38. The molecule has 0 aromatic carbocycles. The van der Waals surface area contributed by atoms with Crippen molar-refractivity contribution in [1.82, 2.24) is 24.6 Å². The zero-order valence-electron chi connectivity index (χ0n) is 20.7. The number of hydrogen-bond acceptors (Lipinski definition) is 8. The molecule has 0 saturated carbocycles. The molecule has 1 amide bonds. The number of likely N-dealkylation sites (tertiary alicyclic amines) is 1. The van der Waals surface area contributed by atoms with Gasteiger partial charge in [0.1, 0.15) is 19.3 Å². The van der Waals surface area contributed by atoms with E-state index >= 15 is 0 Å². The molecule has 2 atom stereocenters. The summed E-state index contributed by atoms with van der Waals surface area (Å²) in [6.45, 7) is 3.10. The molecule has 1 spiro atoms. The number of esters is 1. The van der Waals surface area contributed by atoms with Crippen LogP contribution < -0.4 is 0 Å². The Morgan fingerprint density at radius 2 is 1.81 bits per heavy atom. The van der Waals surface area contributed by atoms with Gasteiger partial charge in [-0.05, 0) is 69.0 Å². The van der Waals surface area contributed by atoms with E-state index in [1.807, 2.05) is 12.1 Å². The van der Waals surface area contributed by atoms with Gasteiger partial charge in [-0.1, -0.05) is 6.42 Å². The van der Waals surface area contributed by atoms with E-state index < -0.39 is 17.6 Å². The Labute approximate surface area is 211 Å². The molecule has 2 aliphatic rings. The van der Waals surface area contributed by atoms with Gasteiger partial charge in [0.25, 0.3) is 0 Å².